The lowest BCUT2D eigenvalue weighted by Crippen LogP contribution is -2.16. The monoisotopic (exact) mass is 320 g/mol. The third kappa shape index (κ3) is 2.75. The summed E-state index contributed by atoms with van der Waals surface area (Å²) < 4.78 is 6.21. The van der Waals surface area contributed by atoms with E-state index in [0.29, 0.717) is 0 Å². The summed E-state index contributed by atoms with van der Waals surface area (Å²) in [5, 5.41) is 3.81. The maximum atomic E-state index is 11.3. The van der Waals surface area contributed by atoms with Gasteiger partial charge in [-0.05, 0) is 36.2 Å². The van der Waals surface area contributed by atoms with Gasteiger partial charge in [-0.25, -0.2) is 0 Å². The molecule has 0 spiro atoms. The van der Waals surface area contributed by atoms with Crippen molar-refractivity contribution in [1.82, 2.24) is 4.98 Å². The van der Waals surface area contributed by atoms with Crippen LogP contribution >= 0.6 is 0 Å². The summed E-state index contributed by atoms with van der Waals surface area (Å²) >= 11 is 0. The van der Waals surface area contributed by atoms with E-state index in [1.165, 1.54) is 23.6 Å². The van der Waals surface area contributed by atoms with Crippen molar-refractivity contribution in [3.05, 3.63) is 59.3 Å². The van der Waals surface area contributed by atoms with Crippen LogP contribution in [0, 0.1) is 6.92 Å². The van der Waals surface area contributed by atoms with Crippen LogP contribution in [0.25, 0.3) is 10.9 Å². The van der Waals surface area contributed by atoms with Crippen molar-refractivity contribution in [2.24, 2.45) is 0 Å². The maximum absolute atomic E-state index is 11.3. The number of hydrogen-bond acceptors (Lipinski definition) is 2. The second kappa shape index (κ2) is 5.71. The normalized spacial score (nSPS) is 16.2. The second-order valence-electron chi connectivity index (χ2n) is 6.51. The fourth-order valence-electron chi connectivity index (χ4n) is 3.45. The molecule has 2 N–H and O–H groups in total. The number of ether oxygens (including phenoxy) is 1. The topological polar surface area (TPSA) is 54.1 Å². The van der Waals surface area contributed by atoms with Crippen molar-refractivity contribution in [1.29, 1.82) is 0 Å². The molecule has 0 saturated carbocycles. The van der Waals surface area contributed by atoms with Gasteiger partial charge < -0.3 is 15.0 Å². The van der Waals surface area contributed by atoms with Crippen molar-refractivity contribution < 1.29 is 9.53 Å². The zero-order valence-electron chi connectivity index (χ0n) is 13.8. The minimum absolute atomic E-state index is 0.0798. The molecule has 1 aliphatic rings. The Kier molecular flexibility index (Phi) is 3.53. The number of amides is 1. The van der Waals surface area contributed by atoms with Gasteiger partial charge in [0.05, 0.1) is 5.69 Å². The van der Waals surface area contributed by atoms with Crippen LogP contribution in [0.4, 0.5) is 5.69 Å². The highest BCUT2D eigenvalue weighted by Crippen LogP contribution is 2.30. The van der Waals surface area contributed by atoms with Gasteiger partial charge in [-0.1, -0.05) is 23.8 Å². The average Bonchev–Trinajstić information content (AvgIpc) is 3.10. The number of nitrogens with one attached hydrogen (secondary N) is 2. The van der Waals surface area contributed by atoms with Gasteiger partial charge in [0.15, 0.2) is 0 Å². The summed E-state index contributed by atoms with van der Waals surface area (Å²) in [6.45, 7) is 3.63. The summed E-state index contributed by atoms with van der Waals surface area (Å²) in [5.74, 6) is 0.757. The van der Waals surface area contributed by atoms with E-state index in [0.717, 1.165) is 35.2 Å². The van der Waals surface area contributed by atoms with E-state index in [1.54, 1.807) is 0 Å². The highest BCUT2D eigenvalue weighted by atomic mass is 16.5. The van der Waals surface area contributed by atoms with Gasteiger partial charge in [-0.3, -0.25) is 4.79 Å². The summed E-state index contributed by atoms with van der Waals surface area (Å²) in [6, 6.07) is 12.6. The number of hydrogen-bond donors (Lipinski definition) is 2. The van der Waals surface area contributed by atoms with Crippen LogP contribution in [-0.4, -0.2) is 17.0 Å². The molecule has 1 heterocycles. The number of aryl methyl sites for hydroxylation is 1. The number of aromatic nitrogens is 1. The zero-order valence-corrected chi connectivity index (χ0v) is 13.8. The van der Waals surface area contributed by atoms with Crippen LogP contribution in [0.1, 0.15) is 23.6 Å². The maximum Gasteiger partial charge on any atom is 0.221 e. The third-order valence-corrected chi connectivity index (χ3v) is 4.52. The molecule has 0 saturated heterocycles. The number of H-pyrrole nitrogens is 1. The summed E-state index contributed by atoms with van der Waals surface area (Å²) in [6.07, 6.45) is 3.87. The molecule has 0 radical (unpaired) electrons. The van der Waals surface area contributed by atoms with Gasteiger partial charge in [-0.2, -0.15) is 0 Å². The standard InChI is InChI=1S/C20H20N2O2/c1-12-3-4-14-8-17(9-15(14)7-12)24-16-5-6-19-18(10-16)20(11-21-19)22-13(2)23/h3-7,10-11,17,21H,8-9H2,1-2H3,(H,22,23). The van der Waals surface area contributed by atoms with Gasteiger partial charge >= 0.3 is 0 Å². The SMILES string of the molecule is CC(=O)Nc1c[nH]c2ccc(OC3Cc4ccc(C)cc4C3)cc12. The molecule has 0 fully saturated rings. The van der Waals surface area contributed by atoms with Crippen LogP contribution in [0.3, 0.4) is 0 Å². The number of fused-ring (bicyclic) bond motifs is 2. The van der Waals surface area contributed by atoms with Crippen LogP contribution in [-0.2, 0) is 17.6 Å². The van der Waals surface area contributed by atoms with Crippen molar-refractivity contribution in [3.63, 3.8) is 0 Å². The summed E-state index contributed by atoms with van der Waals surface area (Å²) in [5.41, 5.74) is 5.83. The Hall–Kier alpha value is -2.75. The molecule has 1 unspecified atom stereocenters. The molecule has 1 aromatic heterocycles. The van der Waals surface area contributed by atoms with E-state index in [-0.39, 0.29) is 12.0 Å². The Morgan fingerprint density at radius 1 is 1.17 bits per heavy atom. The zero-order chi connectivity index (χ0) is 16.7. The fourth-order valence-corrected chi connectivity index (χ4v) is 3.45. The molecule has 4 heteroatoms. The van der Waals surface area contributed by atoms with Crippen LogP contribution in [0.5, 0.6) is 5.75 Å². The van der Waals surface area contributed by atoms with E-state index in [9.17, 15) is 4.79 Å². The number of aromatic amines is 1. The lowest BCUT2D eigenvalue weighted by atomic mass is 10.1. The van der Waals surface area contributed by atoms with Gasteiger partial charge in [-0.15, -0.1) is 0 Å². The largest absolute Gasteiger partial charge is 0.490 e. The Balaban J connectivity index is 1.56. The van der Waals surface area contributed by atoms with Gasteiger partial charge in [0, 0.05) is 36.9 Å². The first-order valence-electron chi connectivity index (χ1n) is 8.22. The van der Waals surface area contributed by atoms with Crippen LogP contribution in [0.15, 0.2) is 42.6 Å². The minimum atomic E-state index is -0.0798. The van der Waals surface area contributed by atoms with E-state index in [4.69, 9.17) is 4.74 Å². The Morgan fingerprint density at radius 2 is 2.00 bits per heavy atom. The smallest absolute Gasteiger partial charge is 0.221 e. The number of benzene rings is 2. The van der Waals surface area contributed by atoms with Gasteiger partial charge in [0.1, 0.15) is 11.9 Å². The first-order chi connectivity index (χ1) is 11.6. The molecule has 4 rings (SSSR count). The molecule has 1 aliphatic carbocycles. The predicted molar refractivity (Wildman–Crippen MR) is 95.6 cm³/mol. The average molecular weight is 320 g/mol. The molecule has 4 nitrogen and oxygen atoms in total. The van der Waals surface area contributed by atoms with Gasteiger partial charge in [0.25, 0.3) is 0 Å². The molecule has 1 atom stereocenters. The molecule has 3 aromatic rings. The van der Waals surface area contributed by atoms with Crippen LogP contribution < -0.4 is 10.1 Å². The Morgan fingerprint density at radius 3 is 2.83 bits per heavy atom. The summed E-state index contributed by atoms with van der Waals surface area (Å²) in [4.78, 5) is 14.5. The second-order valence-corrected chi connectivity index (χ2v) is 6.51. The molecular weight excluding hydrogens is 300 g/mol. The molecule has 122 valence electrons. The van der Waals surface area contributed by atoms with E-state index >= 15 is 0 Å². The number of rotatable bonds is 3. The van der Waals surface area contributed by atoms with Crippen molar-refractivity contribution >= 4 is 22.5 Å². The predicted octanol–water partition coefficient (Wildman–Crippen LogP) is 3.98. The van der Waals surface area contributed by atoms with E-state index in [2.05, 4.69) is 35.4 Å². The number of carbonyl (C=O) groups excluding carboxylic acids is 1. The first-order valence-corrected chi connectivity index (χ1v) is 8.22. The highest BCUT2D eigenvalue weighted by molar-refractivity contribution is 6.01. The Labute approximate surface area is 140 Å². The molecule has 2 aromatic carbocycles. The highest BCUT2D eigenvalue weighted by Gasteiger charge is 2.23. The molecule has 24 heavy (non-hydrogen) atoms. The van der Waals surface area contributed by atoms with Crippen molar-refractivity contribution in [2.75, 3.05) is 5.32 Å². The fraction of sp³-hybridized carbons (Fsp3) is 0.250. The van der Waals surface area contributed by atoms with Crippen molar-refractivity contribution in [3.8, 4) is 5.75 Å². The third-order valence-electron chi connectivity index (χ3n) is 4.52. The number of carbonyl (C=O) groups is 1. The van der Waals surface area contributed by atoms with Crippen LogP contribution in [0.2, 0.25) is 0 Å². The van der Waals surface area contributed by atoms with Crippen molar-refractivity contribution in [2.45, 2.75) is 32.8 Å². The quantitative estimate of drug-likeness (QED) is 0.767. The minimum Gasteiger partial charge on any atom is -0.490 e. The van der Waals surface area contributed by atoms with E-state index in [1.807, 2.05) is 24.4 Å². The first kappa shape index (κ1) is 14.8. The molecular formula is C20H20N2O2. The lowest BCUT2D eigenvalue weighted by molar-refractivity contribution is -0.114. The molecule has 0 bridgehead atoms. The summed E-state index contributed by atoms with van der Waals surface area (Å²) in [7, 11) is 0. The van der Waals surface area contributed by atoms with E-state index < -0.39 is 0 Å². The molecule has 1 amide bonds. The lowest BCUT2D eigenvalue weighted by Gasteiger charge is -2.13. The van der Waals surface area contributed by atoms with Gasteiger partial charge in [0.2, 0.25) is 5.91 Å². The number of anilines is 1. The Bertz CT molecular complexity index is 927. The molecule has 0 aliphatic heterocycles.